The molecule has 0 aromatic carbocycles. The summed E-state index contributed by atoms with van der Waals surface area (Å²) in [5, 5.41) is 1.89. The van der Waals surface area contributed by atoms with Gasteiger partial charge >= 0.3 is 0 Å². The van der Waals surface area contributed by atoms with Gasteiger partial charge in [-0.3, -0.25) is 4.79 Å². The molecule has 3 N–H and O–H groups in total. The molecule has 1 aromatic heterocycles. The lowest BCUT2D eigenvalue weighted by Crippen LogP contribution is -2.51. The van der Waals surface area contributed by atoms with Gasteiger partial charge in [0.25, 0.3) is 0 Å². The highest BCUT2D eigenvalue weighted by Gasteiger charge is 2.31. The first kappa shape index (κ1) is 16.4. The first-order valence-electron chi connectivity index (χ1n) is 6.92. The van der Waals surface area contributed by atoms with Gasteiger partial charge in [-0.05, 0) is 30.7 Å². The van der Waals surface area contributed by atoms with Crippen LogP contribution in [-0.2, 0) is 14.8 Å². The Hall–Kier alpha value is -0.960. The number of carbonyl (C=O) groups excluding carboxylic acids is 1. The Kier molecular flexibility index (Phi) is 5.37. The number of rotatable bonds is 5. The zero-order valence-corrected chi connectivity index (χ0v) is 13.6. The minimum atomic E-state index is -3.25. The number of nitrogens with two attached hydrogens (primary N) is 1. The molecule has 1 saturated heterocycles. The van der Waals surface area contributed by atoms with Crippen LogP contribution in [0.4, 0.5) is 0 Å². The topological polar surface area (TPSA) is 92.5 Å². The van der Waals surface area contributed by atoms with Crippen molar-refractivity contribution in [1.82, 2.24) is 9.62 Å². The fourth-order valence-corrected chi connectivity index (χ4v) is 3.73. The van der Waals surface area contributed by atoms with Crippen molar-refractivity contribution in [3.05, 3.63) is 22.4 Å². The molecule has 0 spiro atoms. The lowest BCUT2D eigenvalue weighted by molar-refractivity contribution is -0.136. The van der Waals surface area contributed by atoms with Crippen LogP contribution in [0.15, 0.2) is 17.5 Å². The van der Waals surface area contributed by atoms with Crippen LogP contribution in [0.5, 0.6) is 0 Å². The predicted octanol–water partition coefficient (Wildman–Crippen LogP) is 0.678. The monoisotopic (exact) mass is 331 g/mol. The molecule has 1 aliphatic heterocycles. The molecule has 1 amide bonds. The average Bonchev–Trinajstić information content (AvgIpc) is 2.97. The van der Waals surface area contributed by atoms with E-state index in [9.17, 15) is 13.2 Å². The summed E-state index contributed by atoms with van der Waals surface area (Å²) in [6.45, 7) is 0.885. The first-order chi connectivity index (χ1) is 9.88. The second kappa shape index (κ2) is 6.87. The van der Waals surface area contributed by atoms with Gasteiger partial charge in [-0.15, -0.1) is 11.3 Å². The quantitative estimate of drug-likeness (QED) is 0.830. The van der Waals surface area contributed by atoms with Gasteiger partial charge in [0, 0.05) is 24.0 Å². The number of hydrogen-bond acceptors (Lipinski definition) is 5. The average molecular weight is 331 g/mol. The van der Waals surface area contributed by atoms with E-state index >= 15 is 0 Å². The summed E-state index contributed by atoms with van der Waals surface area (Å²) in [6.07, 6.45) is 3.84. The molecule has 1 fully saturated rings. The third kappa shape index (κ3) is 4.50. The molecule has 21 heavy (non-hydrogen) atoms. The standard InChI is InChI=1S/C13H21N3O3S2/c1-21(18,19)15-9-10-5-2-3-7-16(10)13(17)12(14)11-6-4-8-20-11/h4,6,8,10,12,15H,2-3,5,7,9,14H2,1H3. The Bertz CT molecular complexity index is 571. The Morgan fingerprint density at radius 3 is 2.95 bits per heavy atom. The van der Waals surface area contributed by atoms with Crippen molar-refractivity contribution in [1.29, 1.82) is 0 Å². The molecule has 2 rings (SSSR count). The van der Waals surface area contributed by atoms with Crippen molar-refractivity contribution in [2.24, 2.45) is 5.73 Å². The fourth-order valence-electron chi connectivity index (χ4n) is 2.52. The summed E-state index contributed by atoms with van der Waals surface area (Å²) >= 11 is 1.46. The maximum atomic E-state index is 12.6. The predicted molar refractivity (Wildman–Crippen MR) is 83.4 cm³/mol. The fraction of sp³-hybridized carbons (Fsp3) is 0.615. The third-order valence-electron chi connectivity index (χ3n) is 3.61. The van der Waals surface area contributed by atoms with E-state index in [0.717, 1.165) is 30.4 Å². The molecule has 1 aromatic rings. The molecule has 0 saturated carbocycles. The van der Waals surface area contributed by atoms with Crippen LogP contribution in [0.2, 0.25) is 0 Å². The van der Waals surface area contributed by atoms with Gasteiger partial charge in [0.1, 0.15) is 6.04 Å². The highest BCUT2D eigenvalue weighted by Crippen LogP contribution is 2.23. The molecule has 0 radical (unpaired) electrons. The van der Waals surface area contributed by atoms with Crippen molar-refractivity contribution >= 4 is 27.3 Å². The molecule has 2 heterocycles. The van der Waals surface area contributed by atoms with E-state index in [0.29, 0.717) is 6.54 Å². The number of piperidine rings is 1. The van der Waals surface area contributed by atoms with Gasteiger partial charge in [-0.1, -0.05) is 6.07 Å². The Balaban J connectivity index is 2.05. The molecular weight excluding hydrogens is 310 g/mol. The van der Waals surface area contributed by atoms with Gasteiger partial charge in [0.2, 0.25) is 15.9 Å². The highest BCUT2D eigenvalue weighted by molar-refractivity contribution is 7.88. The van der Waals surface area contributed by atoms with E-state index in [1.54, 1.807) is 4.90 Å². The molecule has 1 aliphatic rings. The number of likely N-dealkylation sites (tertiary alicyclic amines) is 1. The largest absolute Gasteiger partial charge is 0.337 e. The van der Waals surface area contributed by atoms with Crippen LogP contribution >= 0.6 is 11.3 Å². The number of thiophene rings is 1. The number of hydrogen-bond donors (Lipinski definition) is 2. The van der Waals surface area contributed by atoms with Crippen LogP contribution < -0.4 is 10.5 Å². The second-order valence-corrected chi connectivity index (χ2v) is 8.11. The summed E-state index contributed by atoms with van der Waals surface area (Å²) in [4.78, 5) is 15.1. The Morgan fingerprint density at radius 1 is 1.57 bits per heavy atom. The van der Waals surface area contributed by atoms with Crippen LogP contribution in [-0.4, -0.2) is 44.6 Å². The Labute approximate surface area is 129 Å². The zero-order valence-electron chi connectivity index (χ0n) is 12.0. The van der Waals surface area contributed by atoms with Crippen LogP contribution in [0, 0.1) is 0 Å². The molecule has 2 unspecified atom stereocenters. The molecule has 0 bridgehead atoms. The normalized spacial score (nSPS) is 21.2. The van der Waals surface area contributed by atoms with E-state index in [-0.39, 0.29) is 18.5 Å². The van der Waals surface area contributed by atoms with Gasteiger partial charge in [-0.25, -0.2) is 13.1 Å². The lowest BCUT2D eigenvalue weighted by Gasteiger charge is -2.37. The number of sulfonamides is 1. The van der Waals surface area contributed by atoms with Crippen LogP contribution in [0.1, 0.15) is 30.2 Å². The zero-order chi connectivity index (χ0) is 15.5. The summed E-state index contributed by atoms with van der Waals surface area (Å²) in [6, 6.07) is 2.93. The van der Waals surface area contributed by atoms with Gasteiger partial charge in [-0.2, -0.15) is 0 Å². The van der Waals surface area contributed by atoms with E-state index in [1.807, 2.05) is 17.5 Å². The first-order valence-corrected chi connectivity index (χ1v) is 9.69. The molecular formula is C13H21N3O3S2. The minimum Gasteiger partial charge on any atom is -0.337 e. The third-order valence-corrected chi connectivity index (χ3v) is 5.25. The van der Waals surface area contributed by atoms with Crippen molar-refractivity contribution in [2.75, 3.05) is 19.3 Å². The summed E-state index contributed by atoms with van der Waals surface area (Å²) in [5.74, 6) is -0.127. The SMILES string of the molecule is CS(=O)(=O)NCC1CCCCN1C(=O)C(N)c1cccs1. The maximum Gasteiger partial charge on any atom is 0.245 e. The number of nitrogens with zero attached hydrogens (tertiary/aromatic N) is 1. The number of amides is 1. The van der Waals surface area contributed by atoms with Crippen LogP contribution in [0.25, 0.3) is 0 Å². The lowest BCUT2D eigenvalue weighted by atomic mass is 10.0. The molecule has 6 nitrogen and oxygen atoms in total. The molecule has 2 atom stereocenters. The van der Waals surface area contributed by atoms with E-state index < -0.39 is 16.1 Å². The smallest absolute Gasteiger partial charge is 0.245 e. The van der Waals surface area contributed by atoms with E-state index in [2.05, 4.69) is 4.72 Å². The van der Waals surface area contributed by atoms with E-state index in [4.69, 9.17) is 5.73 Å². The van der Waals surface area contributed by atoms with Gasteiger partial charge < -0.3 is 10.6 Å². The van der Waals surface area contributed by atoms with Gasteiger partial charge in [0.15, 0.2) is 0 Å². The summed E-state index contributed by atoms with van der Waals surface area (Å²) in [7, 11) is -3.25. The second-order valence-electron chi connectivity index (χ2n) is 5.29. The summed E-state index contributed by atoms with van der Waals surface area (Å²) in [5.41, 5.74) is 6.04. The van der Waals surface area contributed by atoms with Crippen molar-refractivity contribution in [3.8, 4) is 0 Å². The number of carbonyl (C=O) groups is 1. The minimum absolute atomic E-state index is 0.119. The molecule has 8 heteroatoms. The summed E-state index contributed by atoms with van der Waals surface area (Å²) < 4.78 is 25.0. The van der Waals surface area contributed by atoms with Crippen molar-refractivity contribution in [3.63, 3.8) is 0 Å². The highest BCUT2D eigenvalue weighted by atomic mass is 32.2. The van der Waals surface area contributed by atoms with E-state index in [1.165, 1.54) is 11.3 Å². The Morgan fingerprint density at radius 2 is 2.33 bits per heavy atom. The van der Waals surface area contributed by atoms with Crippen molar-refractivity contribution in [2.45, 2.75) is 31.3 Å². The van der Waals surface area contributed by atoms with Crippen LogP contribution in [0.3, 0.4) is 0 Å². The molecule has 0 aliphatic carbocycles. The maximum absolute atomic E-state index is 12.6. The number of nitrogens with one attached hydrogen (secondary N) is 1. The molecule has 118 valence electrons. The van der Waals surface area contributed by atoms with Crippen molar-refractivity contribution < 1.29 is 13.2 Å². The van der Waals surface area contributed by atoms with Gasteiger partial charge in [0.05, 0.1) is 6.26 Å².